The third-order valence-electron chi connectivity index (χ3n) is 5.84. The van der Waals surface area contributed by atoms with Crippen molar-refractivity contribution in [2.75, 3.05) is 19.7 Å². The average Bonchev–Trinajstić information content (AvgIpc) is 3.34. The van der Waals surface area contributed by atoms with Crippen LogP contribution in [-0.4, -0.2) is 57.7 Å². The van der Waals surface area contributed by atoms with Gasteiger partial charge in [0.2, 0.25) is 11.8 Å². The molecule has 0 spiro atoms. The quantitative estimate of drug-likeness (QED) is 0.508. The number of hydrogen-bond acceptors (Lipinski definition) is 6. The SMILES string of the molecule is O=C(Cc1ccccc1)NCc1ccc(-c2nc(C(=O)N3CCC(O)C(CO)C3)co2)cc1. The van der Waals surface area contributed by atoms with E-state index in [9.17, 15) is 19.8 Å². The minimum absolute atomic E-state index is 0.0465. The largest absolute Gasteiger partial charge is 0.444 e. The second kappa shape index (κ2) is 10.4. The van der Waals surface area contributed by atoms with E-state index in [1.54, 1.807) is 4.90 Å². The van der Waals surface area contributed by atoms with Gasteiger partial charge in [0.25, 0.3) is 5.91 Å². The summed E-state index contributed by atoms with van der Waals surface area (Å²) >= 11 is 0. The van der Waals surface area contributed by atoms with E-state index in [0.717, 1.165) is 16.7 Å². The van der Waals surface area contributed by atoms with Crippen LogP contribution < -0.4 is 5.32 Å². The lowest BCUT2D eigenvalue weighted by atomic mass is 9.95. The van der Waals surface area contributed by atoms with Gasteiger partial charge in [-0.2, -0.15) is 0 Å². The van der Waals surface area contributed by atoms with E-state index in [4.69, 9.17) is 4.42 Å². The maximum atomic E-state index is 12.7. The number of nitrogens with zero attached hydrogens (tertiary/aromatic N) is 2. The van der Waals surface area contributed by atoms with Gasteiger partial charge in [0.05, 0.1) is 19.1 Å². The molecule has 33 heavy (non-hydrogen) atoms. The summed E-state index contributed by atoms with van der Waals surface area (Å²) in [6.07, 6.45) is 1.48. The van der Waals surface area contributed by atoms with Crippen LogP contribution in [0.4, 0.5) is 0 Å². The molecule has 8 heteroatoms. The topological polar surface area (TPSA) is 116 Å². The summed E-state index contributed by atoms with van der Waals surface area (Å²) in [6, 6.07) is 17.0. The van der Waals surface area contributed by atoms with Crippen LogP contribution in [0.5, 0.6) is 0 Å². The van der Waals surface area contributed by atoms with Crippen molar-refractivity contribution in [1.29, 1.82) is 0 Å². The molecule has 4 rings (SSSR count). The molecule has 3 N–H and O–H groups in total. The Bertz CT molecular complexity index is 1080. The number of aliphatic hydroxyl groups is 2. The van der Waals surface area contributed by atoms with E-state index in [1.807, 2.05) is 54.6 Å². The standard InChI is InChI=1S/C25H27N3O5/c29-15-20-14-28(11-10-22(20)30)25(32)21-16-33-24(27-21)19-8-6-18(7-9-19)13-26-23(31)12-17-4-2-1-3-5-17/h1-9,16,20,22,29-30H,10-15H2,(H,26,31). The van der Waals surface area contributed by atoms with Crippen LogP contribution in [0.3, 0.4) is 0 Å². The van der Waals surface area contributed by atoms with Crippen LogP contribution >= 0.6 is 0 Å². The fourth-order valence-corrected chi connectivity index (χ4v) is 3.86. The first kappa shape index (κ1) is 22.7. The van der Waals surface area contributed by atoms with Crippen LogP contribution in [0, 0.1) is 5.92 Å². The van der Waals surface area contributed by atoms with Crippen molar-refractivity contribution >= 4 is 11.8 Å². The molecule has 0 bridgehead atoms. The number of amides is 2. The van der Waals surface area contributed by atoms with Crippen molar-refractivity contribution in [3.8, 4) is 11.5 Å². The Morgan fingerprint density at radius 2 is 1.85 bits per heavy atom. The molecular formula is C25H27N3O5. The van der Waals surface area contributed by atoms with Gasteiger partial charge < -0.3 is 24.8 Å². The van der Waals surface area contributed by atoms with Crippen molar-refractivity contribution in [3.05, 3.63) is 77.7 Å². The molecule has 2 atom stereocenters. The minimum atomic E-state index is -0.603. The summed E-state index contributed by atoms with van der Waals surface area (Å²) in [5.41, 5.74) is 2.81. The van der Waals surface area contributed by atoms with E-state index >= 15 is 0 Å². The third kappa shape index (κ3) is 5.66. The highest BCUT2D eigenvalue weighted by atomic mass is 16.3. The lowest BCUT2D eigenvalue weighted by molar-refractivity contribution is -0.120. The van der Waals surface area contributed by atoms with Gasteiger partial charge >= 0.3 is 0 Å². The summed E-state index contributed by atoms with van der Waals surface area (Å²) in [5.74, 6) is -0.355. The van der Waals surface area contributed by atoms with Gasteiger partial charge in [-0.1, -0.05) is 42.5 Å². The maximum Gasteiger partial charge on any atom is 0.275 e. The summed E-state index contributed by atoms with van der Waals surface area (Å²) in [4.78, 5) is 30.8. The first-order chi connectivity index (χ1) is 16.0. The normalized spacial score (nSPS) is 18.2. The fourth-order valence-electron chi connectivity index (χ4n) is 3.86. The number of carbonyl (C=O) groups is 2. The Labute approximate surface area is 191 Å². The monoisotopic (exact) mass is 449 g/mol. The number of nitrogens with one attached hydrogen (secondary N) is 1. The molecule has 0 saturated carbocycles. The number of carbonyl (C=O) groups excluding carboxylic acids is 2. The molecule has 0 radical (unpaired) electrons. The molecular weight excluding hydrogens is 422 g/mol. The Balaban J connectivity index is 1.33. The van der Waals surface area contributed by atoms with Crippen LogP contribution in [-0.2, 0) is 17.8 Å². The number of likely N-dealkylation sites (tertiary alicyclic amines) is 1. The average molecular weight is 450 g/mol. The lowest BCUT2D eigenvalue weighted by Gasteiger charge is -2.34. The molecule has 1 fully saturated rings. The number of benzene rings is 2. The minimum Gasteiger partial charge on any atom is -0.444 e. The molecule has 1 saturated heterocycles. The van der Waals surface area contributed by atoms with E-state index in [1.165, 1.54) is 6.26 Å². The molecule has 3 aromatic rings. The summed E-state index contributed by atoms with van der Waals surface area (Å²) in [7, 11) is 0. The molecule has 1 aliphatic rings. The molecule has 8 nitrogen and oxygen atoms in total. The highest BCUT2D eigenvalue weighted by molar-refractivity contribution is 5.92. The van der Waals surface area contributed by atoms with Gasteiger partial charge in [-0.05, 0) is 29.7 Å². The molecule has 2 aromatic carbocycles. The van der Waals surface area contributed by atoms with Crippen molar-refractivity contribution in [2.24, 2.45) is 5.92 Å². The van der Waals surface area contributed by atoms with Crippen LogP contribution in [0.15, 0.2) is 65.3 Å². The molecule has 1 aliphatic heterocycles. The maximum absolute atomic E-state index is 12.7. The van der Waals surface area contributed by atoms with Gasteiger partial charge in [-0.15, -0.1) is 0 Å². The zero-order chi connectivity index (χ0) is 23.2. The predicted molar refractivity (Wildman–Crippen MR) is 121 cm³/mol. The van der Waals surface area contributed by atoms with Crippen LogP contribution in [0.1, 0.15) is 28.0 Å². The third-order valence-corrected chi connectivity index (χ3v) is 5.84. The highest BCUT2D eigenvalue weighted by Crippen LogP contribution is 2.22. The lowest BCUT2D eigenvalue weighted by Crippen LogP contribution is -2.47. The first-order valence-corrected chi connectivity index (χ1v) is 11.0. The van der Waals surface area contributed by atoms with Crippen LogP contribution in [0.25, 0.3) is 11.5 Å². The molecule has 1 aromatic heterocycles. The number of piperidine rings is 1. The van der Waals surface area contributed by atoms with E-state index in [2.05, 4.69) is 10.3 Å². The zero-order valence-corrected chi connectivity index (χ0v) is 18.2. The van der Waals surface area contributed by atoms with Crippen molar-refractivity contribution in [2.45, 2.75) is 25.5 Å². The second-order valence-electron chi connectivity index (χ2n) is 8.22. The molecule has 0 aliphatic carbocycles. The summed E-state index contributed by atoms with van der Waals surface area (Å²) in [6.45, 7) is 0.926. The van der Waals surface area contributed by atoms with E-state index in [-0.39, 0.29) is 36.6 Å². The number of aromatic nitrogens is 1. The zero-order valence-electron chi connectivity index (χ0n) is 18.2. The molecule has 2 amide bonds. The Morgan fingerprint density at radius 3 is 2.58 bits per heavy atom. The molecule has 172 valence electrons. The smallest absolute Gasteiger partial charge is 0.275 e. The van der Waals surface area contributed by atoms with E-state index in [0.29, 0.717) is 31.8 Å². The van der Waals surface area contributed by atoms with Gasteiger partial charge in [0, 0.05) is 31.1 Å². The second-order valence-corrected chi connectivity index (χ2v) is 8.22. The van der Waals surface area contributed by atoms with Crippen molar-refractivity contribution in [1.82, 2.24) is 15.2 Å². The van der Waals surface area contributed by atoms with Gasteiger partial charge in [0.15, 0.2) is 5.69 Å². The fraction of sp³-hybridized carbons (Fsp3) is 0.320. The van der Waals surface area contributed by atoms with Gasteiger partial charge in [0.1, 0.15) is 6.26 Å². The Kier molecular flexibility index (Phi) is 7.16. The number of oxazole rings is 1. The Hall–Kier alpha value is -3.49. The number of rotatable bonds is 7. The summed E-state index contributed by atoms with van der Waals surface area (Å²) < 4.78 is 5.51. The molecule has 2 unspecified atom stereocenters. The van der Waals surface area contributed by atoms with Crippen LogP contribution in [0.2, 0.25) is 0 Å². The van der Waals surface area contributed by atoms with Crippen molar-refractivity contribution < 1.29 is 24.2 Å². The first-order valence-electron chi connectivity index (χ1n) is 11.0. The van der Waals surface area contributed by atoms with E-state index < -0.39 is 6.10 Å². The number of aliphatic hydroxyl groups excluding tert-OH is 2. The number of hydrogen-bond donors (Lipinski definition) is 3. The highest BCUT2D eigenvalue weighted by Gasteiger charge is 2.31. The van der Waals surface area contributed by atoms with Gasteiger partial charge in [-0.25, -0.2) is 4.98 Å². The summed E-state index contributed by atoms with van der Waals surface area (Å²) in [5, 5.41) is 22.2. The Morgan fingerprint density at radius 1 is 1.09 bits per heavy atom. The predicted octanol–water partition coefficient (Wildman–Crippen LogP) is 2.02. The molecule has 2 heterocycles. The van der Waals surface area contributed by atoms with Gasteiger partial charge in [-0.3, -0.25) is 9.59 Å². The van der Waals surface area contributed by atoms with Crippen molar-refractivity contribution in [3.63, 3.8) is 0 Å².